The van der Waals surface area contributed by atoms with Crippen molar-refractivity contribution in [3.63, 3.8) is 0 Å². The van der Waals surface area contributed by atoms with Crippen LogP contribution in [-0.4, -0.2) is 22.3 Å². The van der Waals surface area contributed by atoms with E-state index >= 15 is 0 Å². The maximum atomic E-state index is 5.68. The first-order valence-corrected chi connectivity index (χ1v) is 7.17. The van der Waals surface area contributed by atoms with Gasteiger partial charge >= 0.3 is 0 Å². The fourth-order valence-electron chi connectivity index (χ4n) is 1.83. The molecule has 0 spiro atoms. The van der Waals surface area contributed by atoms with E-state index in [4.69, 9.17) is 13.9 Å². The zero-order valence-corrected chi connectivity index (χ0v) is 12.2. The van der Waals surface area contributed by atoms with Gasteiger partial charge < -0.3 is 13.9 Å². The van der Waals surface area contributed by atoms with E-state index in [1.807, 2.05) is 36.4 Å². The molecule has 0 fully saturated rings. The van der Waals surface area contributed by atoms with Gasteiger partial charge in [-0.25, -0.2) is 0 Å². The van der Waals surface area contributed by atoms with E-state index in [-0.39, 0.29) is 0 Å². The van der Waals surface area contributed by atoms with E-state index < -0.39 is 8.15 Å². The largest absolute Gasteiger partial charge is 0.497 e. The second-order valence-electron chi connectivity index (χ2n) is 3.88. The lowest BCUT2D eigenvalue weighted by molar-refractivity contribution is 0.395. The summed E-state index contributed by atoms with van der Waals surface area (Å²) in [5, 5.41) is 2.23. The van der Waals surface area contributed by atoms with Gasteiger partial charge in [-0.3, -0.25) is 0 Å². The minimum Gasteiger partial charge on any atom is -0.497 e. The number of methoxy groups -OCH3 is 2. The molecule has 0 aliphatic carbocycles. The monoisotopic (exact) mass is 274 g/mol. The number of hydrogen-bond donors (Lipinski definition) is 0. The molecule has 0 saturated carbocycles. The SMILES string of the molecule is BO[P@](c1ccccc1)c1cc(OC)cc(OC)c1. The maximum absolute atomic E-state index is 5.68. The molecule has 0 saturated heterocycles. The van der Waals surface area contributed by atoms with Crippen LogP contribution in [-0.2, 0) is 4.44 Å². The van der Waals surface area contributed by atoms with Gasteiger partial charge in [0.25, 0.3) is 8.05 Å². The summed E-state index contributed by atoms with van der Waals surface area (Å²) in [5.74, 6) is 1.55. The molecule has 0 aliphatic heterocycles. The maximum Gasteiger partial charge on any atom is 0.263 e. The predicted octanol–water partition coefficient (Wildman–Crippen LogP) is 1.62. The van der Waals surface area contributed by atoms with Crippen molar-refractivity contribution >= 4 is 26.8 Å². The van der Waals surface area contributed by atoms with Gasteiger partial charge in [0.2, 0.25) is 0 Å². The van der Waals surface area contributed by atoms with Crippen LogP contribution in [0.4, 0.5) is 0 Å². The zero-order chi connectivity index (χ0) is 13.7. The van der Waals surface area contributed by atoms with Gasteiger partial charge in [-0.1, -0.05) is 30.3 Å². The van der Waals surface area contributed by atoms with Gasteiger partial charge in [-0.15, -0.1) is 0 Å². The molecule has 98 valence electrons. The van der Waals surface area contributed by atoms with Gasteiger partial charge in [0.15, 0.2) is 0 Å². The summed E-state index contributed by atoms with van der Waals surface area (Å²) in [5.41, 5.74) is 0. The van der Waals surface area contributed by atoms with E-state index in [0.717, 1.165) is 22.1 Å². The first kappa shape index (κ1) is 13.9. The van der Waals surface area contributed by atoms with Crippen LogP contribution in [0.1, 0.15) is 0 Å². The number of benzene rings is 2. The lowest BCUT2D eigenvalue weighted by atomic mass is 10.3. The fourth-order valence-corrected chi connectivity index (χ4v) is 3.48. The third-order valence-electron chi connectivity index (χ3n) is 2.74. The molecule has 3 nitrogen and oxygen atoms in total. The number of ether oxygens (including phenoxy) is 2. The quantitative estimate of drug-likeness (QED) is 0.612. The summed E-state index contributed by atoms with van der Waals surface area (Å²) in [6, 6.07) is 16.0. The summed E-state index contributed by atoms with van der Waals surface area (Å²) < 4.78 is 16.3. The van der Waals surface area contributed by atoms with Crippen molar-refractivity contribution in [3.05, 3.63) is 48.5 Å². The Morgan fingerprint density at radius 1 is 0.842 bits per heavy atom. The minimum absolute atomic E-state index is 0.773. The van der Waals surface area contributed by atoms with Gasteiger partial charge in [0.05, 0.1) is 22.4 Å². The van der Waals surface area contributed by atoms with Crippen LogP contribution in [0.3, 0.4) is 0 Å². The highest BCUT2D eigenvalue weighted by molar-refractivity contribution is 7.69. The third-order valence-corrected chi connectivity index (χ3v) is 4.60. The van der Waals surface area contributed by atoms with Crippen LogP contribution in [0.5, 0.6) is 11.5 Å². The summed E-state index contributed by atoms with van der Waals surface area (Å²) in [4.78, 5) is 0. The Morgan fingerprint density at radius 2 is 1.42 bits per heavy atom. The van der Waals surface area contributed by atoms with Crippen LogP contribution in [0.2, 0.25) is 0 Å². The Morgan fingerprint density at radius 3 is 1.89 bits per heavy atom. The second-order valence-corrected chi connectivity index (χ2v) is 5.87. The molecule has 0 unspecified atom stereocenters. The van der Waals surface area contributed by atoms with Crippen LogP contribution < -0.4 is 20.1 Å². The second kappa shape index (κ2) is 6.60. The Hall–Kier alpha value is -1.51. The summed E-state index contributed by atoms with van der Waals surface area (Å²) in [7, 11) is 4.17. The van der Waals surface area contributed by atoms with Gasteiger partial charge in [-0.05, 0) is 12.1 Å². The highest BCUT2D eigenvalue weighted by Crippen LogP contribution is 2.36. The van der Waals surface area contributed by atoms with Crippen molar-refractivity contribution < 1.29 is 13.9 Å². The summed E-state index contributed by atoms with van der Waals surface area (Å²) in [6.07, 6.45) is 0. The van der Waals surface area contributed by atoms with Crippen LogP contribution in [0.15, 0.2) is 48.5 Å². The van der Waals surface area contributed by atoms with Crippen molar-refractivity contribution in [2.75, 3.05) is 14.2 Å². The number of rotatable bonds is 5. The highest BCUT2D eigenvalue weighted by atomic mass is 31.1. The molecule has 0 bridgehead atoms. The van der Waals surface area contributed by atoms with Crippen molar-refractivity contribution in [3.8, 4) is 11.5 Å². The Kier molecular flexibility index (Phi) is 4.83. The molecule has 0 radical (unpaired) electrons. The topological polar surface area (TPSA) is 27.7 Å². The Balaban J connectivity index is 2.43. The predicted molar refractivity (Wildman–Crippen MR) is 81.8 cm³/mol. The van der Waals surface area contributed by atoms with E-state index in [1.165, 1.54) is 0 Å². The molecule has 0 amide bonds. The molecule has 5 heteroatoms. The van der Waals surface area contributed by atoms with Crippen LogP contribution >= 0.6 is 8.15 Å². The molecule has 0 aromatic heterocycles. The molecular formula is C14H16BO3P. The fraction of sp³-hybridized carbons (Fsp3) is 0.143. The van der Waals surface area contributed by atoms with Crippen molar-refractivity contribution in [1.82, 2.24) is 0 Å². The van der Waals surface area contributed by atoms with E-state index in [0.29, 0.717) is 0 Å². The Bertz CT molecular complexity index is 511. The molecule has 2 aromatic carbocycles. The van der Waals surface area contributed by atoms with Crippen LogP contribution in [0.25, 0.3) is 0 Å². The molecular weight excluding hydrogens is 258 g/mol. The Labute approximate surface area is 115 Å². The lowest BCUT2D eigenvalue weighted by Crippen LogP contribution is -2.13. The van der Waals surface area contributed by atoms with E-state index in [1.54, 1.807) is 22.3 Å². The summed E-state index contributed by atoms with van der Waals surface area (Å²) in [6.45, 7) is 0. The molecule has 2 rings (SSSR count). The normalized spacial score (nSPS) is 11.9. The van der Waals surface area contributed by atoms with Crippen molar-refractivity contribution in [1.29, 1.82) is 0 Å². The molecule has 1 atom stereocenters. The molecule has 0 N–H and O–H groups in total. The molecule has 19 heavy (non-hydrogen) atoms. The van der Waals surface area contributed by atoms with Gasteiger partial charge in [-0.2, -0.15) is 0 Å². The van der Waals surface area contributed by atoms with Crippen molar-refractivity contribution in [2.45, 2.75) is 0 Å². The average molecular weight is 274 g/mol. The van der Waals surface area contributed by atoms with E-state index in [9.17, 15) is 0 Å². The third kappa shape index (κ3) is 3.28. The standard InChI is InChI=1S/C14H16BO3P/c1-16-11-8-12(17-2)10-14(9-11)19(18-15)13-6-4-3-5-7-13/h3-10H,15H2,1-2H3/t19-/m1/s1. The molecule has 0 heterocycles. The van der Waals surface area contributed by atoms with Gasteiger partial charge in [0.1, 0.15) is 11.5 Å². The van der Waals surface area contributed by atoms with Gasteiger partial charge in [0, 0.05) is 16.7 Å². The van der Waals surface area contributed by atoms with Crippen molar-refractivity contribution in [2.24, 2.45) is 0 Å². The van der Waals surface area contributed by atoms with Crippen LogP contribution in [0, 0.1) is 0 Å². The molecule has 2 aromatic rings. The highest BCUT2D eigenvalue weighted by Gasteiger charge is 2.15. The minimum atomic E-state index is -0.853. The smallest absolute Gasteiger partial charge is 0.263 e. The zero-order valence-electron chi connectivity index (χ0n) is 11.3. The first-order chi connectivity index (χ1) is 9.28. The van der Waals surface area contributed by atoms with E-state index in [2.05, 4.69) is 12.1 Å². The number of hydrogen-bond acceptors (Lipinski definition) is 3. The molecule has 0 aliphatic rings. The lowest BCUT2D eigenvalue weighted by Gasteiger charge is -2.18. The summed E-state index contributed by atoms with van der Waals surface area (Å²) >= 11 is 0. The average Bonchev–Trinajstić information content (AvgIpc) is 2.48. The first-order valence-electron chi connectivity index (χ1n) is 5.91.